The van der Waals surface area contributed by atoms with Gasteiger partial charge in [-0.2, -0.15) is 0 Å². The predicted octanol–water partition coefficient (Wildman–Crippen LogP) is 5.73. The molecular formula is C35H31Cl2N3O6. The number of carbonyl (C=O) groups excluding carboxylic acids is 4. The van der Waals surface area contributed by atoms with Gasteiger partial charge in [0, 0.05) is 29.9 Å². The number of hydrogen-bond donors (Lipinski definition) is 2. The van der Waals surface area contributed by atoms with E-state index in [2.05, 4.69) is 5.32 Å². The van der Waals surface area contributed by atoms with E-state index in [0.29, 0.717) is 11.3 Å². The molecule has 0 aromatic heterocycles. The Morgan fingerprint density at radius 3 is 2.28 bits per heavy atom. The van der Waals surface area contributed by atoms with Crippen LogP contribution in [-0.4, -0.2) is 57.0 Å². The summed E-state index contributed by atoms with van der Waals surface area (Å²) in [5, 5.41) is 14.7. The number of nitrogens with zero attached hydrogens (tertiary/aromatic N) is 2. The number of fused-ring (bicyclic) bond motifs is 4. The van der Waals surface area contributed by atoms with Crippen LogP contribution in [0.5, 0.6) is 11.5 Å². The van der Waals surface area contributed by atoms with Gasteiger partial charge in [-0.1, -0.05) is 42.0 Å². The average molecular weight is 661 g/mol. The van der Waals surface area contributed by atoms with Gasteiger partial charge in [-0.3, -0.25) is 29.0 Å². The number of amides is 4. The summed E-state index contributed by atoms with van der Waals surface area (Å²) in [6.07, 6.45) is 1.92. The van der Waals surface area contributed by atoms with E-state index in [4.69, 9.17) is 27.9 Å². The summed E-state index contributed by atoms with van der Waals surface area (Å²) in [6.45, 7) is 2.05. The molecule has 3 fully saturated rings. The molecule has 2 aliphatic heterocycles. The monoisotopic (exact) mass is 659 g/mol. The van der Waals surface area contributed by atoms with Gasteiger partial charge < -0.3 is 15.2 Å². The number of likely N-dealkylation sites (tertiary alicyclic amines) is 1. The van der Waals surface area contributed by atoms with Crippen molar-refractivity contribution in [1.29, 1.82) is 0 Å². The lowest BCUT2D eigenvalue weighted by Gasteiger charge is -2.50. The molecule has 0 radical (unpaired) electrons. The van der Waals surface area contributed by atoms with Crippen LogP contribution >= 0.6 is 23.2 Å². The number of rotatable bonds is 6. The van der Waals surface area contributed by atoms with Crippen molar-refractivity contribution >= 4 is 63.9 Å². The Bertz CT molecular complexity index is 1810. The molecule has 2 heterocycles. The predicted molar refractivity (Wildman–Crippen MR) is 173 cm³/mol. The van der Waals surface area contributed by atoms with Gasteiger partial charge in [0.1, 0.15) is 0 Å². The van der Waals surface area contributed by atoms with Crippen molar-refractivity contribution in [3.05, 3.63) is 90.0 Å². The first-order valence-corrected chi connectivity index (χ1v) is 15.9. The molecule has 1 saturated carbocycles. The van der Waals surface area contributed by atoms with E-state index in [1.165, 1.54) is 11.9 Å². The zero-order valence-electron chi connectivity index (χ0n) is 25.1. The molecule has 0 spiro atoms. The first-order chi connectivity index (χ1) is 22.0. The van der Waals surface area contributed by atoms with E-state index in [9.17, 15) is 24.3 Å². The number of allylic oxidation sites excluding steroid dienone is 2. The molecule has 0 bridgehead atoms. The van der Waals surface area contributed by atoms with E-state index in [1.807, 2.05) is 36.4 Å². The van der Waals surface area contributed by atoms with Gasteiger partial charge in [0.05, 0.1) is 24.1 Å². The van der Waals surface area contributed by atoms with Crippen molar-refractivity contribution in [2.45, 2.75) is 35.4 Å². The van der Waals surface area contributed by atoms with Crippen molar-refractivity contribution in [2.24, 2.45) is 17.8 Å². The SMILES string of the molecule is CCOc1cccc([C@H]2C3=CC[C@@H]4C(=O)N(c5ccc(Nc6ccccc6)cc5)C(=O)[C@@H]4[C@@H]3C[C@@]3(Cl)C(=O)N(C)C(=O)[C@@]23Cl)c1O. The van der Waals surface area contributed by atoms with Crippen molar-refractivity contribution in [1.82, 2.24) is 4.90 Å². The molecule has 11 heteroatoms. The maximum Gasteiger partial charge on any atom is 0.253 e. The molecule has 2 N–H and O–H groups in total. The van der Waals surface area contributed by atoms with Crippen LogP contribution < -0.4 is 15.0 Å². The third-order valence-corrected chi connectivity index (χ3v) is 11.3. The molecule has 4 aliphatic rings. The van der Waals surface area contributed by atoms with E-state index < -0.39 is 51.1 Å². The van der Waals surface area contributed by atoms with Crippen LogP contribution in [0, 0.1) is 17.8 Å². The van der Waals surface area contributed by atoms with Crippen LogP contribution in [0.15, 0.2) is 84.4 Å². The molecule has 2 aliphatic carbocycles. The Morgan fingerprint density at radius 2 is 1.59 bits per heavy atom. The number of hydrogen-bond acceptors (Lipinski definition) is 7. The molecule has 236 valence electrons. The van der Waals surface area contributed by atoms with E-state index >= 15 is 0 Å². The van der Waals surface area contributed by atoms with Crippen molar-refractivity contribution in [2.75, 3.05) is 23.9 Å². The highest BCUT2D eigenvalue weighted by Crippen LogP contribution is 2.66. The van der Waals surface area contributed by atoms with Crippen LogP contribution in [-0.2, 0) is 19.2 Å². The maximum atomic E-state index is 14.3. The number of imide groups is 2. The van der Waals surface area contributed by atoms with Gasteiger partial charge in [-0.25, -0.2) is 0 Å². The zero-order valence-corrected chi connectivity index (χ0v) is 26.6. The highest BCUT2D eigenvalue weighted by atomic mass is 35.5. The van der Waals surface area contributed by atoms with Crippen LogP contribution in [0.4, 0.5) is 17.1 Å². The summed E-state index contributed by atoms with van der Waals surface area (Å²) in [5.74, 6) is -5.49. The fourth-order valence-electron chi connectivity index (χ4n) is 7.77. The van der Waals surface area contributed by atoms with E-state index in [-0.39, 0.29) is 42.4 Å². The van der Waals surface area contributed by atoms with Gasteiger partial charge in [-0.15, -0.1) is 23.2 Å². The summed E-state index contributed by atoms with van der Waals surface area (Å²) >= 11 is 14.5. The van der Waals surface area contributed by atoms with Crippen LogP contribution in [0.25, 0.3) is 0 Å². The van der Waals surface area contributed by atoms with E-state index in [0.717, 1.165) is 16.3 Å². The number of benzene rings is 3. The van der Waals surface area contributed by atoms with Gasteiger partial charge in [0.15, 0.2) is 21.2 Å². The topological polar surface area (TPSA) is 116 Å². The molecule has 0 unspecified atom stereocenters. The van der Waals surface area contributed by atoms with Gasteiger partial charge in [-0.05, 0) is 68.1 Å². The number of phenols is 1. The molecule has 3 aromatic carbocycles. The van der Waals surface area contributed by atoms with Crippen molar-refractivity contribution in [3.63, 3.8) is 0 Å². The van der Waals surface area contributed by atoms with Crippen molar-refractivity contribution < 1.29 is 29.0 Å². The standard InChI is InChI=1S/C35H31Cl2N3O6/c1-3-46-26-11-7-10-24(29(26)41)28-22-16-17-23-27(25(22)18-34(36)32(44)39(2)33(45)35(28,34)37)31(43)40(30(23)42)21-14-12-20(13-15-21)38-19-8-5-4-6-9-19/h4-16,23,25,27-28,38,41H,3,17-18H2,1-2H3/t23-,25+,27-,28+,34+,35-/m0/s1. The number of anilines is 3. The fraction of sp³-hybridized carbons (Fsp3) is 0.314. The lowest BCUT2D eigenvalue weighted by Crippen LogP contribution is -2.60. The second-order valence-electron chi connectivity index (χ2n) is 12.2. The van der Waals surface area contributed by atoms with Gasteiger partial charge >= 0.3 is 0 Å². The molecule has 46 heavy (non-hydrogen) atoms. The van der Waals surface area contributed by atoms with Crippen molar-refractivity contribution in [3.8, 4) is 11.5 Å². The summed E-state index contributed by atoms with van der Waals surface area (Å²) in [5.41, 5.74) is 2.97. The summed E-state index contributed by atoms with van der Waals surface area (Å²) < 4.78 is 5.63. The minimum absolute atomic E-state index is 0.130. The smallest absolute Gasteiger partial charge is 0.253 e. The van der Waals surface area contributed by atoms with E-state index in [1.54, 1.807) is 49.4 Å². The Kier molecular flexibility index (Phi) is 7.17. The minimum atomic E-state index is -2.00. The number of phenolic OH excluding ortho intramolecular Hbond substituents is 1. The molecule has 3 aromatic rings. The zero-order chi connectivity index (χ0) is 32.5. The lowest BCUT2D eigenvalue weighted by atomic mass is 9.56. The third kappa shape index (κ3) is 4.14. The normalized spacial score (nSPS) is 30.1. The number of ether oxygens (including phenoxy) is 1. The minimum Gasteiger partial charge on any atom is -0.504 e. The lowest BCUT2D eigenvalue weighted by molar-refractivity contribution is -0.138. The highest BCUT2D eigenvalue weighted by Gasteiger charge is 2.76. The Morgan fingerprint density at radius 1 is 0.891 bits per heavy atom. The Balaban J connectivity index is 1.29. The Labute approximate surface area is 275 Å². The molecule has 4 amide bonds. The fourth-order valence-corrected chi connectivity index (χ4v) is 8.78. The number of aromatic hydroxyl groups is 1. The Hall–Kier alpha value is -4.34. The number of alkyl halides is 2. The van der Waals surface area contributed by atoms with Crippen LogP contribution in [0.1, 0.15) is 31.2 Å². The first-order valence-electron chi connectivity index (χ1n) is 15.2. The second-order valence-corrected chi connectivity index (χ2v) is 13.4. The average Bonchev–Trinajstić information content (AvgIpc) is 3.38. The summed E-state index contributed by atoms with van der Waals surface area (Å²) in [6, 6.07) is 21.5. The number of halogens is 2. The molecule has 2 saturated heterocycles. The number of carbonyl (C=O) groups is 4. The largest absolute Gasteiger partial charge is 0.504 e. The summed E-state index contributed by atoms with van der Waals surface area (Å²) in [4.78, 5) is 53.8. The number of para-hydroxylation sites is 2. The summed E-state index contributed by atoms with van der Waals surface area (Å²) in [7, 11) is 1.33. The van der Waals surface area contributed by atoms with Crippen LogP contribution in [0.3, 0.4) is 0 Å². The van der Waals surface area contributed by atoms with Crippen LogP contribution in [0.2, 0.25) is 0 Å². The quantitative estimate of drug-likeness (QED) is 0.197. The van der Waals surface area contributed by atoms with Gasteiger partial charge in [0.25, 0.3) is 11.8 Å². The molecule has 9 nitrogen and oxygen atoms in total. The molecule has 6 atom stereocenters. The molecular weight excluding hydrogens is 629 g/mol. The first kappa shape index (κ1) is 30.3. The maximum absolute atomic E-state index is 14.3. The van der Waals surface area contributed by atoms with Gasteiger partial charge in [0.2, 0.25) is 11.8 Å². The third-order valence-electron chi connectivity index (χ3n) is 9.84. The molecule has 7 rings (SSSR count). The second kappa shape index (κ2) is 10.9. The highest BCUT2D eigenvalue weighted by molar-refractivity contribution is 6.53. The number of nitrogens with one attached hydrogen (secondary N) is 1.